The summed E-state index contributed by atoms with van der Waals surface area (Å²) in [5.74, 6) is -2.24. The zero-order valence-corrected chi connectivity index (χ0v) is 11.3. The molecule has 0 amide bonds. The highest BCUT2D eigenvalue weighted by Gasteiger charge is 2.18. The van der Waals surface area contributed by atoms with Gasteiger partial charge in [-0.3, -0.25) is 0 Å². The Bertz CT molecular complexity index is 518. The van der Waals surface area contributed by atoms with Crippen LogP contribution in [0.1, 0.15) is 0 Å². The van der Waals surface area contributed by atoms with Gasteiger partial charge in [0.05, 0.1) is 0 Å². The molecular weight excluding hydrogens is 336 g/mol. The third kappa shape index (κ3) is 3.20. The van der Waals surface area contributed by atoms with Crippen molar-refractivity contribution < 1.29 is 13.2 Å². The fourth-order valence-corrected chi connectivity index (χ4v) is 2.38. The molecule has 17 heavy (non-hydrogen) atoms. The Kier molecular flexibility index (Phi) is 4.06. The lowest BCUT2D eigenvalue weighted by Crippen LogP contribution is -1.84. The van der Waals surface area contributed by atoms with Gasteiger partial charge in [0.2, 0.25) is 0 Å². The molecule has 2 aromatic rings. The molecule has 0 atom stereocenters. The minimum Gasteiger partial charge on any atom is -0.430 e. The summed E-state index contributed by atoms with van der Waals surface area (Å²) < 4.78 is 29.9. The molecule has 0 spiro atoms. The van der Waals surface area contributed by atoms with E-state index in [2.05, 4.69) is 20.9 Å². The molecule has 0 fully saturated rings. The molecule has 2 rings (SSSR count). The van der Waals surface area contributed by atoms with Crippen molar-refractivity contribution in [2.45, 2.75) is 10.8 Å². The molecule has 0 unspecified atom stereocenters. The maximum absolute atomic E-state index is 12.3. The van der Waals surface area contributed by atoms with Crippen LogP contribution in [-0.4, -0.2) is 10.7 Å². The highest BCUT2D eigenvalue weighted by Crippen LogP contribution is 2.36. The normalized spacial score (nSPS) is 11.1. The van der Waals surface area contributed by atoms with Crippen LogP contribution in [-0.2, 0) is 0 Å². The Morgan fingerprint density at radius 1 is 1.29 bits per heavy atom. The lowest BCUT2D eigenvalue weighted by Gasteiger charge is -2.00. The summed E-state index contributed by atoms with van der Waals surface area (Å²) in [5.41, 5.74) is 0.649. The zero-order chi connectivity index (χ0) is 12.4. The van der Waals surface area contributed by atoms with Gasteiger partial charge in [-0.1, -0.05) is 11.6 Å². The lowest BCUT2D eigenvalue weighted by atomic mass is 10.2. The summed E-state index contributed by atoms with van der Waals surface area (Å²) in [6.45, 7) is 0. The molecule has 90 valence electrons. The van der Waals surface area contributed by atoms with Crippen molar-refractivity contribution in [1.29, 1.82) is 0 Å². The molecule has 1 heterocycles. The number of oxazole rings is 1. The number of benzene rings is 1. The van der Waals surface area contributed by atoms with E-state index in [9.17, 15) is 8.78 Å². The van der Waals surface area contributed by atoms with E-state index < -0.39 is 5.76 Å². The molecule has 0 saturated heterocycles. The average Bonchev–Trinajstić information content (AvgIpc) is 2.59. The number of hydrogen-bond acceptors (Lipinski definition) is 3. The van der Waals surface area contributed by atoms with Crippen molar-refractivity contribution in [2.75, 3.05) is 0 Å². The first-order valence-electron chi connectivity index (χ1n) is 4.43. The van der Waals surface area contributed by atoms with Gasteiger partial charge in [0.25, 0.3) is 10.6 Å². The molecule has 1 aromatic heterocycles. The van der Waals surface area contributed by atoms with E-state index in [1.165, 1.54) is 0 Å². The standard InChI is InChI=1S/C10H5BrClF2NOS/c11-9-15-8(17-10(13)14)7(16-9)5-1-3-6(12)4-2-5/h1-4,10H. The van der Waals surface area contributed by atoms with E-state index in [4.69, 9.17) is 16.0 Å². The molecule has 0 saturated carbocycles. The predicted octanol–water partition coefficient (Wildman–Crippen LogP) is 5.07. The van der Waals surface area contributed by atoms with E-state index in [0.717, 1.165) is 0 Å². The van der Waals surface area contributed by atoms with Crippen molar-refractivity contribution in [3.63, 3.8) is 0 Å². The first kappa shape index (κ1) is 12.9. The van der Waals surface area contributed by atoms with Gasteiger partial charge in [-0.15, -0.1) is 0 Å². The van der Waals surface area contributed by atoms with Gasteiger partial charge in [-0.25, -0.2) is 0 Å². The van der Waals surface area contributed by atoms with E-state index in [0.29, 0.717) is 28.1 Å². The minimum atomic E-state index is -2.54. The van der Waals surface area contributed by atoms with Crippen LogP contribution in [0.15, 0.2) is 38.5 Å². The summed E-state index contributed by atoms with van der Waals surface area (Å²) in [7, 11) is 0. The summed E-state index contributed by atoms with van der Waals surface area (Å²) in [6.07, 6.45) is 0. The topological polar surface area (TPSA) is 26.0 Å². The second-order valence-electron chi connectivity index (χ2n) is 2.99. The Labute approximate surface area is 113 Å². The van der Waals surface area contributed by atoms with Gasteiger partial charge in [-0.2, -0.15) is 13.8 Å². The monoisotopic (exact) mass is 339 g/mol. The molecule has 1 aromatic carbocycles. The Balaban J connectivity index is 2.40. The van der Waals surface area contributed by atoms with Gasteiger partial charge >= 0.3 is 0 Å². The molecule has 0 bridgehead atoms. The molecule has 0 N–H and O–H groups in total. The first-order valence-corrected chi connectivity index (χ1v) is 6.48. The van der Waals surface area contributed by atoms with Crippen LogP contribution in [0.5, 0.6) is 0 Å². The number of aromatic nitrogens is 1. The van der Waals surface area contributed by atoms with Crippen molar-refractivity contribution in [3.05, 3.63) is 34.1 Å². The molecule has 7 heteroatoms. The van der Waals surface area contributed by atoms with Crippen LogP contribution in [0, 0.1) is 0 Å². The van der Waals surface area contributed by atoms with Crippen molar-refractivity contribution in [2.24, 2.45) is 0 Å². The number of rotatable bonds is 3. The Morgan fingerprint density at radius 2 is 1.94 bits per heavy atom. The van der Waals surface area contributed by atoms with Crippen molar-refractivity contribution in [3.8, 4) is 11.3 Å². The zero-order valence-electron chi connectivity index (χ0n) is 8.16. The number of halogens is 4. The highest BCUT2D eigenvalue weighted by molar-refractivity contribution is 9.10. The van der Waals surface area contributed by atoms with Crippen LogP contribution in [0.4, 0.5) is 8.78 Å². The second-order valence-corrected chi connectivity index (χ2v) is 5.08. The fraction of sp³-hybridized carbons (Fsp3) is 0.100. The van der Waals surface area contributed by atoms with Crippen LogP contribution < -0.4 is 0 Å². The van der Waals surface area contributed by atoms with Crippen LogP contribution in [0.3, 0.4) is 0 Å². The lowest BCUT2D eigenvalue weighted by molar-refractivity contribution is 0.252. The number of hydrogen-bond donors (Lipinski definition) is 0. The largest absolute Gasteiger partial charge is 0.430 e. The molecule has 0 aliphatic heterocycles. The summed E-state index contributed by atoms with van der Waals surface area (Å²) >= 11 is 9.11. The van der Waals surface area contributed by atoms with Crippen LogP contribution in [0.25, 0.3) is 11.3 Å². The Morgan fingerprint density at radius 3 is 2.53 bits per heavy atom. The minimum absolute atomic E-state index is 0.147. The number of alkyl halides is 2. The number of nitrogens with zero attached hydrogens (tertiary/aromatic N) is 1. The van der Waals surface area contributed by atoms with Gasteiger partial charge in [0.15, 0.2) is 5.76 Å². The Hall–Kier alpha value is -0.590. The quantitative estimate of drug-likeness (QED) is 0.729. The third-order valence-corrected chi connectivity index (χ3v) is 3.15. The first-order chi connectivity index (χ1) is 8.06. The molecule has 0 aliphatic rings. The van der Waals surface area contributed by atoms with Crippen LogP contribution in [0.2, 0.25) is 5.02 Å². The summed E-state index contributed by atoms with van der Waals surface area (Å²) in [5, 5.41) is 0.713. The third-order valence-electron chi connectivity index (χ3n) is 1.88. The van der Waals surface area contributed by atoms with Gasteiger partial charge in [0.1, 0.15) is 5.03 Å². The summed E-state index contributed by atoms with van der Waals surface area (Å²) in [6, 6.07) is 6.68. The smallest absolute Gasteiger partial charge is 0.290 e. The SMILES string of the molecule is FC(F)Sc1nc(Br)oc1-c1ccc(Cl)cc1. The van der Waals surface area contributed by atoms with E-state index in [1.54, 1.807) is 24.3 Å². The van der Waals surface area contributed by atoms with Crippen molar-refractivity contribution in [1.82, 2.24) is 4.98 Å². The van der Waals surface area contributed by atoms with Crippen molar-refractivity contribution >= 4 is 39.3 Å². The number of thioether (sulfide) groups is 1. The van der Waals surface area contributed by atoms with Gasteiger partial charge in [0, 0.05) is 26.5 Å². The second kappa shape index (κ2) is 5.37. The van der Waals surface area contributed by atoms with Gasteiger partial charge in [-0.05, 0) is 36.0 Å². The molecule has 2 nitrogen and oxygen atoms in total. The fourth-order valence-electron chi connectivity index (χ4n) is 1.23. The van der Waals surface area contributed by atoms with Gasteiger partial charge < -0.3 is 4.42 Å². The van der Waals surface area contributed by atoms with E-state index in [1.807, 2.05) is 0 Å². The maximum atomic E-state index is 12.3. The predicted molar refractivity (Wildman–Crippen MR) is 66.5 cm³/mol. The summed E-state index contributed by atoms with van der Waals surface area (Å²) in [4.78, 5) is 4.02. The highest BCUT2D eigenvalue weighted by atomic mass is 79.9. The van der Waals surface area contributed by atoms with E-state index in [-0.39, 0.29) is 9.83 Å². The van der Waals surface area contributed by atoms with E-state index >= 15 is 0 Å². The molecule has 0 aliphatic carbocycles. The molecular formula is C10H5BrClF2NOS. The average molecular weight is 341 g/mol. The maximum Gasteiger partial charge on any atom is 0.290 e. The molecule has 0 radical (unpaired) electrons. The van der Waals surface area contributed by atoms with Crippen LogP contribution >= 0.6 is 39.3 Å².